The fraction of sp³-hybridized carbons (Fsp3) is 0.625. The predicted molar refractivity (Wildman–Crippen MR) is 85.2 cm³/mol. The lowest BCUT2D eigenvalue weighted by Crippen LogP contribution is -2.35. The molecular formula is C16H25BrN2. The lowest BCUT2D eigenvalue weighted by atomic mass is 10.0. The minimum absolute atomic E-state index is 0.156. The second kappa shape index (κ2) is 7.41. The van der Waals surface area contributed by atoms with Gasteiger partial charge in [-0.15, -0.1) is 0 Å². The molecule has 0 amide bonds. The third-order valence-corrected chi connectivity index (χ3v) is 4.80. The Morgan fingerprint density at radius 1 is 1.26 bits per heavy atom. The van der Waals surface area contributed by atoms with Crippen LogP contribution in [-0.2, 0) is 0 Å². The largest absolute Gasteiger partial charge is 0.324 e. The smallest absolute Gasteiger partial charge is 0.0307 e. The summed E-state index contributed by atoms with van der Waals surface area (Å²) >= 11 is 3.46. The van der Waals surface area contributed by atoms with Gasteiger partial charge in [-0.05, 0) is 43.5 Å². The Labute approximate surface area is 125 Å². The first-order valence-electron chi connectivity index (χ1n) is 7.45. The highest BCUT2D eigenvalue weighted by Gasteiger charge is 2.21. The van der Waals surface area contributed by atoms with E-state index in [0.29, 0.717) is 0 Å². The zero-order valence-corrected chi connectivity index (χ0v) is 13.4. The standard InChI is InChI=1S/C16H25BrN2/c1-2-19(15-5-3-4-6-15)12-11-16(18)13-7-9-14(17)10-8-13/h7-10,15-16H,2-6,11-12,18H2,1H3. The molecule has 1 aliphatic carbocycles. The van der Waals surface area contributed by atoms with Gasteiger partial charge in [0.15, 0.2) is 0 Å². The van der Waals surface area contributed by atoms with Gasteiger partial charge in [0.05, 0.1) is 0 Å². The van der Waals surface area contributed by atoms with Crippen LogP contribution in [0.4, 0.5) is 0 Å². The summed E-state index contributed by atoms with van der Waals surface area (Å²) in [5.74, 6) is 0. The minimum atomic E-state index is 0.156. The molecule has 0 spiro atoms. The Hall–Kier alpha value is -0.380. The zero-order valence-electron chi connectivity index (χ0n) is 11.8. The molecule has 0 bridgehead atoms. The van der Waals surface area contributed by atoms with Crippen LogP contribution in [0.3, 0.4) is 0 Å². The first-order valence-corrected chi connectivity index (χ1v) is 8.25. The van der Waals surface area contributed by atoms with Crippen molar-refractivity contribution < 1.29 is 0 Å². The summed E-state index contributed by atoms with van der Waals surface area (Å²) in [6, 6.07) is 9.36. The normalized spacial score (nSPS) is 18.1. The Kier molecular flexibility index (Phi) is 5.86. The highest BCUT2D eigenvalue weighted by atomic mass is 79.9. The number of nitrogens with zero attached hydrogens (tertiary/aromatic N) is 1. The van der Waals surface area contributed by atoms with Crippen molar-refractivity contribution in [2.75, 3.05) is 13.1 Å². The predicted octanol–water partition coefficient (Wildman–Crippen LogP) is 4.10. The Bertz CT molecular complexity index is 371. The van der Waals surface area contributed by atoms with Gasteiger partial charge in [0.2, 0.25) is 0 Å². The summed E-state index contributed by atoms with van der Waals surface area (Å²) in [6.45, 7) is 4.54. The molecule has 106 valence electrons. The van der Waals surface area contributed by atoms with Gasteiger partial charge in [-0.25, -0.2) is 0 Å². The van der Waals surface area contributed by atoms with Crippen LogP contribution < -0.4 is 5.73 Å². The molecule has 2 N–H and O–H groups in total. The quantitative estimate of drug-likeness (QED) is 0.853. The molecule has 0 aromatic heterocycles. The molecule has 0 heterocycles. The molecule has 1 aliphatic rings. The maximum atomic E-state index is 6.30. The summed E-state index contributed by atoms with van der Waals surface area (Å²) in [5, 5.41) is 0. The van der Waals surface area contributed by atoms with E-state index >= 15 is 0 Å². The number of benzene rings is 1. The fourth-order valence-corrected chi connectivity index (χ4v) is 3.31. The zero-order chi connectivity index (χ0) is 13.7. The molecule has 0 radical (unpaired) electrons. The SMILES string of the molecule is CCN(CCC(N)c1ccc(Br)cc1)C1CCCC1. The number of rotatable bonds is 6. The molecule has 1 aromatic carbocycles. The molecule has 0 aliphatic heterocycles. The molecule has 1 unspecified atom stereocenters. The van der Waals surface area contributed by atoms with Gasteiger partial charge >= 0.3 is 0 Å². The van der Waals surface area contributed by atoms with E-state index in [1.165, 1.54) is 31.2 Å². The molecular weight excluding hydrogens is 300 g/mol. The van der Waals surface area contributed by atoms with Crippen molar-refractivity contribution in [1.82, 2.24) is 4.90 Å². The van der Waals surface area contributed by atoms with Gasteiger partial charge in [0.25, 0.3) is 0 Å². The van der Waals surface area contributed by atoms with E-state index in [0.717, 1.165) is 30.0 Å². The van der Waals surface area contributed by atoms with Crippen LogP contribution in [-0.4, -0.2) is 24.0 Å². The van der Waals surface area contributed by atoms with Crippen LogP contribution in [0.1, 0.15) is 50.6 Å². The van der Waals surface area contributed by atoms with Crippen molar-refractivity contribution >= 4 is 15.9 Å². The molecule has 19 heavy (non-hydrogen) atoms. The van der Waals surface area contributed by atoms with Gasteiger partial charge in [-0.3, -0.25) is 0 Å². The molecule has 1 fully saturated rings. The van der Waals surface area contributed by atoms with Crippen molar-refractivity contribution in [3.8, 4) is 0 Å². The molecule has 2 nitrogen and oxygen atoms in total. The highest BCUT2D eigenvalue weighted by Crippen LogP contribution is 2.24. The van der Waals surface area contributed by atoms with E-state index in [1.807, 2.05) is 0 Å². The summed E-state index contributed by atoms with van der Waals surface area (Å²) < 4.78 is 1.12. The first-order chi connectivity index (χ1) is 9.20. The van der Waals surface area contributed by atoms with Crippen molar-refractivity contribution in [2.24, 2.45) is 5.73 Å². The van der Waals surface area contributed by atoms with Crippen LogP contribution in [0.15, 0.2) is 28.7 Å². The number of hydrogen-bond acceptors (Lipinski definition) is 2. The Morgan fingerprint density at radius 3 is 2.47 bits per heavy atom. The van der Waals surface area contributed by atoms with Crippen LogP contribution in [0.25, 0.3) is 0 Å². The van der Waals surface area contributed by atoms with E-state index in [4.69, 9.17) is 5.73 Å². The van der Waals surface area contributed by atoms with E-state index in [-0.39, 0.29) is 6.04 Å². The summed E-state index contributed by atoms with van der Waals surface area (Å²) in [6.07, 6.45) is 6.61. The van der Waals surface area contributed by atoms with E-state index in [1.54, 1.807) is 0 Å². The third kappa shape index (κ3) is 4.30. The lowest BCUT2D eigenvalue weighted by Gasteiger charge is -2.28. The third-order valence-electron chi connectivity index (χ3n) is 4.27. The molecule has 0 saturated heterocycles. The Balaban J connectivity index is 1.84. The van der Waals surface area contributed by atoms with Gasteiger partial charge in [-0.1, -0.05) is 47.8 Å². The number of halogens is 1. The van der Waals surface area contributed by atoms with Crippen molar-refractivity contribution in [3.63, 3.8) is 0 Å². The van der Waals surface area contributed by atoms with Gasteiger partial charge < -0.3 is 10.6 Å². The molecule has 1 atom stereocenters. The topological polar surface area (TPSA) is 29.3 Å². The van der Waals surface area contributed by atoms with E-state index < -0.39 is 0 Å². The number of hydrogen-bond donors (Lipinski definition) is 1. The molecule has 1 saturated carbocycles. The van der Waals surface area contributed by atoms with Gasteiger partial charge in [0, 0.05) is 23.1 Å². The first kappa shape index (κ1) is 15.0. The Morgan fingerprint density at radius 2 is 1.89 bits per heavy atom. The van der Waals surface area contributed by atoms with E-state index in [2.05, 4.69) is 52.0 Å². The maximum absolute atomic E-state index is 6.30. The summed E-state index contributed by atoms with van der Waals surface area (Å²) in [4.78, 5) is 2.62. The average molecular weight is 325 g/mol. The summed E-state index contributed by atoms with van der Waals surface area (Å²) in [5.41, 5.74) is 7.55. The second-order valence-corrected chi connectivity index (χ2v) is 6.43. The molecule has 3 heteroatoms. The van der Waals surface area contributed by atoms with Gasteiger partial charge in [0.1, 0.15) is 0 Å². The minimum Gasteiger partial charge on any atom is -0.324 e. The van der Waals surface area contributed by atoms with Crippen LogP contribution in [0, 0.1) is 0 Å². The van der Waals surface area contributed by atoms with Gasteiger partial charge in [-0.2, -0.15) is 0 Å². The van der Waals surface area contributed by atoms with Crippen LogP contribution in [0.2, 0.25) is 0 Å². The summed E-state index contributed by atoms with van der Waals surface area (Å²) in [7, 11) is 0. The monoisotopic (exact) mass is 324 g/mol. The maximum Gasteiger partial charge on any atom is 0.0307 e. The van der Waals surface area contributed by atoms with Crippen LogP contribution >= 0.6 is 15.9 Å². The van der Waals surface area contributed by atoms with Crippen molar-refractivity contribution in [1.29, 1.82) is 0 Å². The van der Waals surface area contributed by atoms with Crippen molar-refractivity contribution in [3.05, 3.63) is 34.3 Å². The van der Waals surface area contributed by atoms with Crippen LogP contribution in [0.5, 0.6) is 0 Å². The fourth-order valence-electron chi connectivity index (χ4n) is 3.05. The molecule has 1 aromatic rings. The van der Waals surface area contributed by atoms with Crippen molar-refractivity contribution in [2.45, 2.75) is 51.1 Å². The second-order valence-electron chi connectivity index (χ2n) is 5.51. The average Bonchev–Trinajstić information content (AvgIpc) is 2.94. The highest BCUT2D eigenvalue weighted by molar-refractivity contribution is 9.10. The number of nitrogens with two attached hydrogens (primary N) is 1. The molecule has 2 rings (SSSR count). The lowest BCUT2D eigenvalue weighted by molar-refractivity contribution is 0.202. The van der Waals surface area contributed by atoms with E-state index in [9.17, 15) is 0 Å².